The Balaban J connectivity index is 0.000000187. The van der Waals surface area contributed by atoms with E-state index in [2.05, 4.69) is 75.6 Å². The first-order valence-corrected chi connectivity index (χ1v) is 37.1. The average Bonchev–Trinajstić information content (AvgIpc) is 1.62. The fourth-order valence-electron chi connectivity index (χ4n) is 12.8. The van der Waals surface area contributed by atoms with Crippen molar-refractivity contribution in [2.24, 2.45) is 29.0 Å². The average molecular weight is 1530 g/mol. The van der Waals surface area contributed by atoms with Crippen LogP contribution in [0.15, 0.2) is 71.6 Å². The van der Waals surface area contributed by atoms with Crippen molar-refractivity contribution in [1.82, 2.24) is 64.3 Å². The lowest BCUT2D eigenvalue weighted by Crippen LogP contribution is -2.48. The zero-order chi connectivity index (χ0) is 66.0. The van der Waals surface area contributed by atoms with Crippen LogP contribution in [0, 0.1) is 18.8 Å². The molecule has 11 aromatic rings. The van der Waals surface area contributed by atoms with Gasteiger partial charge in [-0.25, -0.2) is 38.8 Å². The molecule has 526 valence electrons. The zero-order valence-electron chi connectivity index (χ0n) is 52.8. The predicted octanol–water partition coefficient (Wildman–Crippen LogP) is 13.1. The van der Waals surface area contributed by atoms with Crippen LogP contribution in [0.1, 0.15) is 140 Å². The van der Waals surface area contributed by atoms with Crippen molar-refractivity contribution in [1.29, 1.82) is 0 Å². The highest BCUT2D eigenvalue weighted by Crippen LogP contribution is 2.47. The highest BCUT2D eigenvalue weighted by atomic mass is 35.5. The minimum atomic E-state index is -1.11. The van der Waals surface area contributed by atoms with Crippen LogP contribution >= 0.6 is 118 Å². The van der Waals surface area contributed by atoms with E-state index in [1.54, 1.807) is 52.3 Å². The normalized spacial score (nSPS) is 19.4. The molecular formula is C66H79ClN16O7S9. The SMILES string of the molecule is C.C.CC(N)=Cc1ncc(-c2nc3c(s2)c(C(N)=O)nn3CC(=O)O)cn1.Cc1cc2ncc(-c3nc4c(s3)c(C(N)=O)nn4CC(=O)N3CCCOC[C@H]3C(=S)CC3CCC(c4cc5sccc5s4)C3)cn2n1.Cl.S.S=C(CC1CCC(c2cc3sccc3s2)C1)[C@@H]1COCCCN1. The van der Waals surface area contributed by atoms with Crippen molar-refractivity contribution < 1.29 is 33.8 Å². The monoisotopic (exact) mass is 1530 g/mol. The van der Waals surface area contributed by atoms with Gasteiger partial charge in [0.2, 0.25) is 5.91 Å². The van der Waals surface area contributed by atoms with Gasteiger partial charge in [0, 0.05) is 112 Å². The van der Waals surface area contributed by atoms with Gasteiger partial charge < -0.3 is 42.0 Å². The quantitative estimate of drug-likeness (QED) is 0.0529. The summed E-state index contributed by atoms with van der Waals surface area (Å²) in [5.41, 5.74) is 20.9. The second-order valence-electron chi connectivity index (χ2n) is 24.3. The number of carbonyl (C=O) groups is 4. The number of aliphatic carboxylic acids is 1. The topological polar surface area (TPSA) is 318 Å². The second-order valence-corrected chi connectivity index (χ2v) is 31.5. The van der Waals surface area contributed by atoms with E-state index in [-0.39, 0.29) is 76.3 Å². The van der Waals surface area contributed by atoms with Crippen LogP contribution in [-0.2, 0) is 32.2 Å². The van der Waals surface area contributed by atoms with E-state index in [9.17, 15) is 19.2 Å². The van der Waals surface area contributed by atoms with Crippen LogP contribution in [0.5, 0.6) is 0 Å². The Labute approximate surface area is 619 Å². The summed E-state index contributed by atoms with van der Waals surface area (Å²) >= 11 is 21.8. The summed E-state index contributed by atoms with van der Waals surface area (Å²) in [4.78, 5) is 77.9. The molecular weight excluding hydrogens is 1450 g/mol. The Morgan fingerprint density at radius 1 is 0.707 bits per heavy atom. The van der Waals surface area contributed by atoms with Crippen LogP contribution in [0.25, 0.3) is 72.4 Å². The Morgan fingerprint density at radius 2 is 1.26 bits per heavy atom. The van der Waals surface area contributed by atoms with E-state index >= 15 is 0 Å². The van der Waals surface area contributed by atoms with Gasteiger partial charge in [-0.3, -0.25) is 19.2 Å². The molecule has 15 rings (SSSR count). The zero-order valence-corrected chi connectivity index (χ0v) is 61.1. The molecule has 6 atom stereocenters. The number of nitrogens with two attached hydrogens (primary N) is 3. The maximum absolute atomic E-state index is 14.0. The molecule has 23 nitrogen and oxygen atoms in total. The van der Waals surface area contributed by atoms with Crippen molar-refractivity contribution >= 4 is 203 Å². The number of carboxylic acids is 1. The number of rotatable bonds is 17. The predicted molar refractivity (Wildman–Crippen MR) is 414 cm³/mol. The number of allylic oxidation sites excluding steroid dienone is 1. The fraction of sp³-hybridized carbons (Fsp3) is 0.424. The van der Waals surface area contributed by atoms with Gasteiger partial charge in [-0.2, -0.15) is 28.8 Å². The van der Waals surface area contributed by atoms with E-state index in [1.807, 2.05) is 58.1 Å². The summed E-state index contributed by atoms with van der Waals surface area (Å²) < 4.78 is 22.6. The number of thiophene rings is 4. The number of ether oxygens (including phenoxy) is 2. The number of primary amides is 2. The number of nitrogens with zero attached hydrogens (tertiary/aromatic N) is 12. The summed E-state index contributed by atoms with van der Waals surface area (Å²) in [6, 6.07) is 11.1. The number of thiazole rings is 2. The third-order valence-electron chi connectivity index (χ3n) is 17.3. The molecule has 0 spiro atoms. The number of carbonyl (C=O) groups excluding carboxylic acids is 3. The van der Waals surface area contributed by atoms with Gasteiger partial charge in [0.15, 0.2) is 34.2 Å². The van der Waals surface area contributed by atoms with Crippen LogP contribution < -0.4 is 22.5 Å². The van der Waals surface area contributed by atoms with Crippen LogP contribution in [0.2, 0.25) is 0 Å². The molecule has 2 saturated heterocycles. The Morgan fingerprint density at radius 3 is 1.84 bits per heavy atom. The molecule has 3 amide bonds. The molecule has 0 radical (unpaired) electrons. The summed E-state index contributed by atoms with van der Waals surface area (Å²) in [7, 11) is 0. The third kappa shape index (κ3) is 17.6. The standard InChI is InChI=1S/C32H32N8O3S4.C18H23NOS3.C14H13N7O3S.2CH4.ClH.H2S/c1-17-9-26-34-13-20(14-39(26)36-17)32-35-31-29(47-32)28(30(33)42)37-40(31)15-27(41)38-6-2-7-43-16-21(38)22(44)11-18-3-4-19(10-18)24-12-25-23(46-24)5-8-45-25;21-15(14-11-20-6-1-5-19-14)9-12-2-3-13(8-12)17-10-18-16(23-17)4-7-22-18;1-6(15)2-8-17-3-7(4-18-8)14-19-13-11(25-14)10(12(16)24)20-21(13)5-9(22)23;;;;/h5,8-9,12-14,18-19,21H,2-4,6-7,10-11,15-16H2,1H3,(H2,33,42);4,7,10,12-14,19H,1-3,5-6,8-9,11H2;2-4H,5,15H2,1H3,(H2,16,24)(H,22,23);2*1H4;1H;1H2/t18?,19?,21-;12?,13?,14-;;;;;/m00...../s1. The number of nitrogens with one attached hydrogen (secondary N) is 1. The number of thiocarbonyl (C=S) groups is 2. The van der Waals surface area contributed by atoms with Gasteiger partial charge in [0.25, 0.3) is 11.8 Å². The third-order valence-corrected chi connectivity index (χ3v) is 24.9. The summed E-state index contributed by atoms with van der Waals surface area (Å²) in [6.07, 6.45) is 19.4. The first-order valence-electron chi connectivity index (χ1n) is 31.3. The number of hydrogen-bond acceptors (Lipinski definition) is 24. The minimum Gasteiger partial charge on any atom is -0.480 e. The lowest BCUT2D eigenvalue weighted by molar-refractivity contribution is -0.138. The maximum Gasteiger partial charge on any atom is 0.325 e. The first-order chi connectivity index (χ1) is 45.9. The van der Waals surface area contributed by atoms with Crippen molar-refractivity contribution in [2.45, 2.75) is 130 Å². The van der Waals surface area contributed by atoms with Crippen molar-refractivity contribution in [3.05, 3.63) is 104 Å². The fourth-order valence-corrected chi connectivity index (χ4v) is 20.2. The molecule has 2 saturated carbocycles. The molecule has 2 aliphatic heterocycles. The number of aryl methyl sites for hydroxylation is 1. The Hall–Kier alpha value is -6.66. The second kappa shape index (κ2) is 33.9. The smallest absolute Gasteiger partial charge is 0.325 e. The largest absolute Gasteiger partial charge is 0.480 e. The Bertz CT molecular complexity index is 4650. The lowest BCUT2D eigenvalue weighted by Gasteiger charge is -2.31. The van der Waals surface area contributed by atoms with Gasteiger partial charge in [0.1, 0.15) is 32.5 Å². The highest BCUT2D eigenvalue weighted by molar-refractivity contribution is 7.80. The minimum absolute atomic E-state index is 0. The molecule has 33 heteroatoms. The first kappa shape index (κ1) is 76.5. The Kier molecular flexibility index (Phi) is 26.2. The molecule has 13 heterocycles. The summed E-state index contributed by atoms with van der Waals surface area (Å²) in [5, 5.41) is 30.8. The van der Waals surface area contributed by atoms with Gasteiger partial charge in [-0.15, -0.1) is 80.4 Å². The molecule has 8 N–H and O–H groups in total. The molecule has 4 unspecified atom stereocenters. The molecule has 2 aliphatic carbocycles. The number of fused-ring (bicyclic) bond motifs is 5. The van der Waals surface area contributed by atoms with Crippen LogP contribution in [-0.4, -0.2) is 149 Å². The molecule has 11 aromatic heterocycles. The molecule has 0 bridgehead atoms. The molecule has 4 fully saturated rings. The van der Waals surface area contributed by atoms with Gasteiger partial charge in [-0.1, -0.05) is 39.3 Å². The van der Waals surface area contributed by atoms with Crippen LogP contribution in [0.4, 0.5) is 0 Å². The number of halogens is 1. The van der Waals surface area contributed by atoms with E-state index < -0.39 is 24.3 Å². The number of amides is 3. The van der Waals surface area contributed by atoms with Gasteiger partial charge >= 0.3 is 5.97 Å². The van der Waals surface area contributed by atoms with E-state index in [1.165, 1.54) is 70.2 Å². The van der Waals surface area contributed by atoms with Gasteiger partial charge in [0.05, 0.1) is 31.0 Å². The lowest BCUT2D eigenvalue weighted by atomic mass is 9.96. The van der Waals surface area contributed by atoms with Crippen molar-refractivity contribution in [3.8, 4) is 21.1 Å². The van der Waals surface area contributed by atoms with E-state index in [4.69, 9.17) is 61.2 Å². The van der Waals surface area contributed by atoms with Gasteiger partial charge in [-0.05, 0) is 143 Å². The van der Waals surface area contributed by atoms with Crippen molar-refractivity contribution in [3.63, 3.8) is 0 Å². The molecule has 99 heavy (non-hydrogen) atoms. The maximum atomic E-state index is 14.0. The molecule has 0 aromatic carbocycles. The number of hydrogen-bond donors (Lipinski definition) is 5. The van der Waals surface area contributed by atoms with Crippen LogP contribution in [0.3, 0.4) is 0 Å². The molecule has 4 aliphatic rings. The van der Waals surface area contributed by atoms with E-state index in [0.717, 1.165) is 108 Å². The van der Waals surface area contributed by atoms with E-state index in [0.29, 0.717) is 79.8 Å². The summed E-state index contributed by atoms with van der Waals surface area (Å²) in [5.74, 6) is 0.364. The highest BCUT2D eigenvalue weighted by Gasteiger charge is 2.35. The van der Waals surface area contributed by atoms with Crippen molar-refractivity contribution in [2.75, 3.05) is 39.5 Å². The number of carboxylic acid groups (broad SMARTS) is 1. The summed E-state index contributed by atoms with van der Waals surface area (Å²) in [6.45, 7) is 7.26. The number of aromatic nitrogens is 11.